The summed E-state index contributed by atoms with van der Waals surface area (Å²) in [5, 5.41) is 2.87. The minimum atomic E-state index is -3.49. The Morgan fingerprint density at radius 1 is 1.24 bits per heavy atom. The van der Waals surface area contributed by atoms with Crippen molar-refractivity contribution < 1.29 is 17.9 Å². The van der Waals surface area contributed by atoms with Crippen LogP contribution in [0, 0.1) is 11.8 Å². The summed E-state index contributed by atoms with van der Waals surface area (Å²) in [7, 11) is -3.49. The second kappa shape index (κ2) is 8.13. The number of sulfone groups is 1. The Hall–Kier alpha value is -0.620. The molecule has 4 atom stereocenters. The molecule has 0 aromatic rings. The summed E-state index contributed by atoms with van der Waals surface area (Å²) in [6.45, 7) is 8.89. The van der Waals surface area contributed by atoms with Gasteiger partial charge < -0.3 is 10.1 Å². The second-order valence-corrected chi connectivity index (χ2v) is 8.35. The van der Waals surface area contributed by atoms with Gasteiger partial charge in [0.15, 0.2) is 9.84 Å². The van der Waals surface area contributed by atoms with Crippen LogP contribution in [-0.2, 0) is 19.4 Å². The van der Waals surface area contributed by atoms with E-state index in [0.29, 0.717) is 5.92 Å². The Morgan fingerprint density at radius 2 is 1.90 bits per heavy atom. The van der Waals surface area contributed by atoms with Gasteiger partial charge in [-0.15, -0.1) is 0 Å². The predicted molar refractivity (Wildman–Crippen MR) is 83.9 cm³/mol. The molecule has 21 heavy (non-hydrogen) atoms. The van der Waals surface area contributed by atoms with Crippen LogP contribution in [0.3, 0.4) is 0 Å². The lowest BCUT2D eigenvalue weighted by atomic mass is 9.80. The summed E-state index contributed by atoms with van der Waals surface area (Å²) in [5.41, 5.74) is 0. The number of hydrogen-bond acceptors (Lipinski definition) is 5. The Morgan fingerprint density at radius 3 is 2.48 bits per heavy atom. The monoisotopic (exact) mass is 319 g/mol. The number of rotatable bonds is 7. The fraction of sp³-hybridized carbons (Fsp3) is 0.933. The lowest BCUT2D eigenvalue weighted by Crippen LogP contribution is -2.53. The molecular formula is C15H29NO4S. The Labute approximate surface area is 128 Å². The lowest BCUT2D eigenvalue weighted by Gasteiger charge is -2.39. The first kappa shape index (κ1) is 18.4. The number of carbonyl (C=O) groups excluding carboxylic acids is 1. The Kier molecular flexibility index (Phi) is 7.13. The van der Waals surface area contributed by atoms with E-state index in [4.69, 9.17) is 4.74 Å². The average Bonchev–Trinajstić information content (AvgIpc) is 2.34. The summed E-state index contributed by atoms with van der Waals surface area (Å²) in [5.74, 6) is -0.586. The topological polar surface area (TPSA) is 72.5 Å². The molecule has 0 bridgehead atoms. The third-order valence-electron chi connectivity index (χ3n) is 4.08. The van der Waals surface area contributed by atoms with Crippen LogP contribution in [0.4, 0.5) is 0 Å². The summed E-state index contributed by atoms with van der Waals surface area (Å²) in [6, 6.07) is -0.0665. The van der Waals surface area contributed by atoms with Crippen LogP contribution < -0.4 is 5.32 Å². The molecule has 124 valence electrons. The van der Waals surface area contributed by atoms with Gasteiger partial charge in [-0.3, -0.25) is 4.79 Å². The van der Waals surface area contributed by atoms with Gasteiger partial charge in [-0.2, -0.15) is 0 Å². The van der Waals surface area contributed by atoms with Crippen molar-refractivity contribution in [3.8, 4) is 0 Å². The van der Waals surface area contributed by atoms with Gasteiger partial charge in [-0.25, -0.2) is 8.42 Å². The van der Waals surface area contributed by atoms with Gasteiger partial charge >= 0.3 is 5.97 Å². The van der Waals surface area contributed by atoms with Crippen LogP contribution in [0.2, 0.25) is 0 Å². The van der Waals surface area contributed by atoms with Crippen LogP contribution in [0.25, 0.3) is 0 Å². The van der Waals surface area contributed by atoms with E-state index in [1.54, 1.807) is 6.92 Å². The maximum Gasteiger partial charge on any atom is 0.321 e. The molecular weight excluding hydrogens is 290 g/mol. The third kappa shape index (κ3) is 5.25. The van der Waals surface area contributed by atoms with Crippen molar-refractivity contribution in [2.75, 3.05) is 18.9 Å². The zero-order valence-corrected chi connectivity index (χ0v) is 14.4. The molecule has 1 fully saturated rings. The molecule has 1 saturated carbocycles. The zero-order chi connectivity index (χ0) is 16.0. The average molecular weight is 319 g/mol. The highest BCUT2D eigenvalue weighted by molar-refractivity contribution is 7.92. The van der Waals surface area contributed by atoms with Crippen LogP contribution in [0.1, 0.15) is 47.0 Å². The van der Waals surface area contributed by atoms with Crippen molar-refractivity contribution in [2.45, 2.75) is 58.2 Å². The fourth-order valence-electron chi connectivity index (χ4n) is 3.43. The quantitative estimate of drug-likeness (QED) is 0.724. The molecule has 1 aliphatic carbocycles. The lowest BCUT2D eigenvalue weighted by molar-refractivity contribution is -0.139. The van der Waals surface area contributed by atoms with E-state index in [1.165, 1.54) is 0 Å². The molecule has 0 saturated heterocycles. The molecule has 5 nitrogen and oxygen atoms in total. The van der Waals surface area contributed by atoms with E-state index in [-0.39, 0.29) is 18.6 Å². The smallest absolute Gasteiger partial charge is 0.321 e. The van der Waals surface area contributed by atoms with E-state index in [9.17, 15) is 13.2 Å². The maximum atomic E-state index is 12.6. The number of esters is 1. The molecule has 1 rings (SSSR count). The van der Waals surface area contributed by atoms with Crippen molar-refractivity contribution in [3.63, 3.8) is 0 Å². The van der Waals surface area contributed by atoms with E-state index in [1.807, 2.05) is 6.92 Å². The minimum absolute atomic E-state index is 0.0579. The van der Waals surface area contributed by atoms with Crippen LogP contribution in [0.5, 0.6) is 0 Å². The highest BCUT2D eigenvalue weighted by Crippen LogP contribution is 2.33. The standard InChI is InChI=1S/C15H29NO4S/c1-5-7-16-13-9-11(3)8-12(4)15(13)21(18,19)10-14(17)20-6-2/h11-13,15-16H,5-10H2,1-4H3. The van der Waals surface area contributed by atoms with Crippen LogP contribution in [0.15, 0.2) is 0 Å². The maximum absolute atomic E-state index is 12.6. The number of nitrogens with one attached hydrogen (secondary N) is 1. The molecule has 0 radical (unpaired) electrons. The van der Waals surface area contributed by atoms with E-state index in [2.05, 4.69) is 19.2 Å². The molecule has 6 heteroatoms. The molecule has 0 heterocycles. The third-order valence-corrected chi connectivity index (χ3v) is 6.34. The number of hydrogen-bond donors (Lipinski definition) is 1. The van der Waals surface area contributed by atoms with Gasteiger partial charge in [0.25, 0.3) is 0 Å². The van der Waals surface area contributed by atoms with Crippen molar-refractivity contribution >= 4 is 15.8 Å². The zero-order valence-electron chi connectivity index (χ0n) is 13.6. The predicted octanol–water partition coefficient (Wildman–Crippen LogP) is 1.77. The summed E-state index contributed by atoms with van der Waals surface area (Å²) in [4.78, 5) is 11.6. The van der Waals surface area contributed by atoms with Crippen LogP contribution >= 0.6 is 0 Å². The van der Waals surface area contributed by atoms with Crippen molar-refractivity contribution in [1.82, 2.24) is 5.32 Å². The molecule has 4 unspecified atom stereocenters. The van der Waals surface area contributed by atoms with Gasteiger partial charge in [0.1, 0.15) is 5.75 Å². The van der Waals surface area contributed by atoms with Gasteiger partial charge in [-0.1, -0.05) is 20.8 Å². The van der Waals surface area contributed by atoms with Gasteiger partial charge in [-0.05, 0) is 44.6 Å². The molecule has 0 amide bonds. The normalized spacial score (nSPS) is 30.1. The minimum Gasteiger partial charge on any atom is -0.465 e. The second-order valence-electron chi connectivity index (χ2n) is 6.19. The first-order valence-electron chi connectivity index (χ1n) is 7.92. The van der Waals surface area contributed by atoms with Crippen LogP contribution in [-0.4, -0.2) is 44.6 Å². The molecule has 0 aromatic carbocycles. The highest BCUT2D eigenvalue weighted by atomic mass is 32.2. The summed E-state index contributed by atoms with van der Waals surface area (Å²) < 4.78 is 30.0. The van der Waals surface area contributed by atoms with Gasteiger partial charge in [0, 0.05) is 6.04 Å². The molecule has 1 N–H and O–H groups in total. The number of ether oxygens (including phenoxy) is 1. The molecule has 1 aliphatic rings. The SMILES string of the molecule is CCCNC1CC(C)CC(C)C1S(=O)(=O)CC(=O)OCC. The molecule has 0 aromatic heterocycles. The van der Waals surface area contributed by atoms with Crippen molar-refractivity contribution in [1.29, 1.82) is 0 Å². The Balaban J connectivity index is 2.89. The fourth-order valence-corrected chi connectivity index (χ4v) is 5.56. The highest BCUT2D eigenvalue weighted by Gasteiger charge is 2.42. The largest absolute Gasteiger partial charge is 0.465 e. The summed E-state index contributed by atoms with van der Waals surface area (Å²) >= 11 is 0. The van der Waals surface area contributed by atoms with Gasteiger partial charge in [0.2, 0.25) is 0 Å². The molecule has 0 aliphatic heterocycles. The van der Waals surface area contributed by atoms with E-state index in [0.717, 1.165) is 25.8 Å². The van der Waals surface area contributed by atoms with Crippen molar-refractivity contribution in [2.24, 2.45) is 11.8 Å². The number of carbonyl (C=O) groups is 1. The Bertz CT molecular complexity index is 435. The van der Waals surface area contributed by atoms with E-state index >= 15 is 0 Å². The summed E-state index contributed by atoms with van der Waals surface area (Å²) in [6.07, 6.45) is 2.69. The van der Waals surface area contributed by atoms with Gasteiger partial charge in [0.05, 0.1) is 11.9 Å². The van der Waals surface area contributed by atoms with E-state index < -0.39 is 26.8 Å². The molecule has 0 spiro atoms. The first-order valence-corrected chi connectivity index (χ1v) is 9.63. The first-order chi connectivity index (χ1) is 9.81. The van der Waals surface area contributed by atoms with Crippen molar-refractivity contribution in [3.05, 3.63) is 0 Å².